The van der Waals surface area contributed by atoms with Crippen molar-refractivity contribution in [2.75, 3.05) is 18.5 Å². The van der Waals surface area contributed by atoms with Gasteiger partial charge in [-0.2, -0.15) is 0 Å². The Labute approximate surface area is 168 Å². The first kappa shape index (κ1) is 17.6. The molecular weight excluding hydrogens is 368 g/mol. The third kappa shape index (κ3) is 3.51. The summed E-state index contributed by atoms with van der Waals surface area (Å²) in [5, 5.41) is 6.10. The van der Waals surface area contributed by atoms with E-state index in [1.54, 1.807) is 12.3 Å². The van der Waals surface area contributed by atoms with Crippen LogP contribution in [0.1, 0.15) is 29.6 Å². The van der Waals surface area contributed by atoms with E-state index in [0.29, 0.717) is 30.4 Å². The van der Waals surface area contributed by atoms with Crippen molar-refractivity contribution in [2.24, 2.45) is 0 Å². The van der Waals surface area contributed by atoms with Gasteiger partial charge in [-0.1, -0.05) is 24.3 Å². The number of aryl methyl sites for hydroxylation is 1. The molecule has 0 bridgehead atoms. The van der Waals surface area contributed by atoms with E-state index in [9.17, 15) is 4.79 Å². The fourth-order valence-corrected chi connectivity index (χ4v) is 4.13. The van der Waals surface area contributed by atoms with Crippen molar-refractivity contribution in [2.45, 2.75) is 24.9 Å². The number of rotatable bonds is 3. The lowest BCUT2D eigenvalue weighted by molar-refractivity contribution is 0.171. The molecule has 148 valence electrons. The van der Waals surface area contributed by atoms with E-state index in [0.717, 1.165) is 18.4 Å². The second-order valence-corrected chi connectivity index (χ2v) is 7.25. The van der Waals surface area contributed by atoms with Gasteiger partial charge in [0.15, 0.2) is 11.5 Å². The second-order valence-electron chi connectivity index (χ2n) is 7.25. The maximum Gasteiger partial charge on any atom is 0.319 e. The standard InChI is InChI=1S/C22H22N4O3/c27-22(24-16-6-8-19-20(13-16)29-12-11-28-19)25-21-17-4-2-1-3-15(17)5-7-18(21)26-10-9-23-14-26/h1-4,6,8-10,13-14,18,21H,5,7,11-12H2,(H2,24,25,27)/t18-,21+/m1/s1. The van der Waals surface area contributed by atoms with Gasteiger partial charge in [-0.3, -0.25) is 0 Å². The number of nitrogens with one attached hydrogen (secondary N) is 2. The quantitative estimate of drug-likeness (QED) is 0.715. The fourth-order valence-electron chi connectivity index (χ4n) is 4.13. The maximum absolute atomic E-state index is 12.9. The molecule has 1 aliphatic carbocycles. The maximum atomic E-state index is 12.9. The number of carbonyl (C=O) groups is 1. The molecule has 1 aromatic heterocycles. The summed E-state index contributed by atoms with van der Waals surface area (Å²) >= 11 is 0. The van der Waals surface area contributed by atoms with Crippen LogP contribution in [-0.2, 0) is 6.42 Å². The number of urea groups is 1. The van der Waals surface area contributed by atoms with Gasteiger partial charge in [-0.15, -0.1) is 0 Å². The van der Waals surface area contributed by atoms with Crippen LogP contribution in [0.15, 0.2) is 61.2 Å². The lowest BCUT2D eigenvalue weighted by Crippen LogP contribution is -2.39. The summed E-state index contributed by atoms with van der Waals surface area (Å²) in [7, 11) is 0. The number of fused-ring (bicyclic) bond motifs is 2. The van der Waals surface area contributed by atoms with Gasteiger partial charge in [-0.05, 0) is 36.1 Å². The van der Waals surface area contributed by atoms with Gasteiger partial charge in [0.1, 0.15) is 13.2 Å². The highest BCUT2D eigenvalue weighted by atomic mass is 16.6. The van der Waals surface area contributed by atoms with E-state index in [4.69, 9.17) is 9.47 Å². The lowest BCUT2D eigenvalue weighted by Gasteiger charge is -2.35. The first-order valence-electron chi connectivity index (χ1n) is 9.80. The minimum absolute atomic E-state index is 0.110. The molecule has 2 aliphatic rings. The smallest absolute Gasteiger partial charge is 0.319 e. The van der Waals surface area contributed by atoms with Crippen LogP contribution in [0.4, 0.5) is 10.5 Å². The Bertz CT molecular complexity index is 1020. The molecule has 2 heterocycles. The summed E-state index contributed by atoms with van der Waals surface area (Å²) < 4.78 is 13.2. The lowest BCUT2D eigenvalue weighted by atomic mass is 9.84. The molecule has 29 heavy (non-hydrogen) atoms. The fraction of sp³-hybridized carbons (Fsp3) is 0.273. The Kier molecular flexibility index (Phi) is 4.56. The zero-order valence-electron chi connectivity index (χ0n) is 15.9. The van der Waals surface area contributed by atoms with Crippen LogP contribution in [0.3, 0.4) is 0 Å². The molecule has 2 atom stereocenters. The van der Waals surface area contributed by atoms with Crippen molar-refractivity contribution in [3.8, 4) is 11.5 Å². The van der Waals surface area contributed by atoms with Gasteiger partial charge in [-0.25, -0.2) is 9.78 Å². The monoisotopic (exact) mass is 390 g/mol. The highest BCUT2D eigenvalue weighted by molar-refractivity contribution is 5.90. The van der Waals surface area contributed by atoms with E-state index in [1.807, 2.05) is 36.8 Å². The molecule has 0 unspecified atom stereocenters. The molecule has 2 N–H and O–H groups in total. The molecule has 2 aromatic carbocycles. The number of aromatic nitrogens is 2. The van der Waals surface area contributed by atoms with Crippen LogP contribution < -0.4 is 20.1 Å². The normalized spacial score (nSPS) is 19.9. The molecule has 0 spiro atoms. The number of amides is 2. The van der Waals surface area contributed by atoms with Crippen molar-refractivity contribution in [1.82, 2.24) is 14.9 Å². The van der Waals surface area contributed by atoms with Crippen LogP contribution in [0.5, 0.6) is 11.5 Å². The molecule has 0 fully saturated rings. The van der Waals surface area contributed by atoms with Gasteiger partial charge in [0.2, 0.25) is 0 Å². The zero-order valence-corrected chi connectivity index (χ0v) is 15.9. The third-order valence-electron chi connectivity index (χ3n) is 5.48. The largest absolute Gasteiger partial charge is 0.486 e. The van der Waals surface area contributed by atoms with Gasteiger partial charge < -0.3 is 24.7 Å². The number of imidazole rings is 1. The Morgan fingerprint density at radius 1 is 1.10 bits per heavy atom. The summed E-state index contributed by atoms with van der Waals surface area (Å²) in [6.07, 6.45) is 7.44. The Balaban J connectivity index is 1.37. The van der Waals surface area contributed by atoms with Crippen molar-refractivity contribution in [1.29, 1.82) is 0 Å². The van der Waals surface area contributed by atoms with Gasteiger partial charge >= 0.3 is 6.03 Å². The zero-order chi connectivity index (χ0) is 19.6. The predicted octanol–water partition coefficient (Wildman–Crippen LogP) is 3.70. The Morgan fingerprint density at radius 3 is 2.83 bits per heavy atom. The topological polar surface area (TPSA) is 77.4 Å². The average Bonchev–Trinajstić information content (AvgIpc) is 3.28. The number of anilines is 1. The predicted molar refractivity (Wildman–Crippen MR) is 108 cm³/mol. The van der Waals surface area contributed by atoms with Crippen LogP contribution in [0, 0.1) is 0 Å². The van der Waals surface area contributed by atoms with Crippen molar-refractivity contribution < 1.29 is 14.3 Å². The SMILES string of the molecule is O=C(Nc1ccc2c(c1)OCCO2)N[C@H]1c2ccccc2CC[C@H]1n1ccnc1. The summed E-state index contributed by atoms with van der Waals surface area (Å²) in [5.74, 6) is 1.34. The van der Waals surface area contributed by atoms with Gasteiger partial charge in [0.05, 0.1) is 18.4 Å². The number of carbonyl (C=O) groups excluding carboxylic acids is 1. The molecule has 2 amide bonds. The van der Waals surface area contributed by atoms with Crippen LogP contribution >= 0.6 is 0 Å². The first-order valence-corrected chi connectivity index (χ1v) is 9.80. The minimum atomic E-state index is -0.256. The van der Waals surface area contributed by atoms with E-state index >= 15 is 0 Å². The van der Waals surface area contributed by atoms with Crippen molar-refractivity contribution >= 4 is 11.7 Å². The number of hydrogen-bond acceptors (Lipinski definition) is 4. The third-order valence-corrected chi connectivity index (χ3v) is 5.48. The van der Waals surface area contributed by atoms with Crippen LogP contribution in [-0.4, -0.2) is 28.8 Å². The highest BCUT2D eigenvalue weighted by Gasteiger charge is 2.31. The molecular formula is C22H22N4O3. The summed E-state index contributed by atoms with van der Waals surface area (Å²) in [6, 6.07) is 13.4. The summed E-state index contributed by atoms with van der Waals surface area (Å²) in [6.45, 7) is 1.05. The van der Waals surface area contributed by atoms with Crippen LogP contribution in [0.25, 0.3) is 0 Å². The van der Waals surface area contributed by atoms with Crippen LogP contribution in [0.2, 0.25) is 0 Å². The first-order chi connectivity index (χ1) is 14.3. The molecule has 0 radical (unpaired) electrons. The van der Waals surface area contributed by atoms with E-state index < -0.39 is 0 Å². The number of nitrogens with zero attached hydrogens (tertiary/aromatic N) is 2. The Hall–Kier alpha value is -3.48. The minimum Gasteiger partial charge on any atom is -0.486 e. The van der Waals surface area contributed by atoms with E-state index in [2.05, 4.69) is 32.3 Å². The molecule has 5 rings (SSSR count). The Morgan fingerprint density at radius 2 is 1.97 bits per heavy atom. The van der Waals surface area contributed by atoms with E-state index in [1.165, 1.54) is 5.56 Å². The molecule has 1 aliphatic heterocycles. The number of hydrogen-bond donors (Lipinski definition) is 2. The van der Waals surface area contributed by atoms with Gasteiger partial charge in [0.25, 0.3) is 0 Å². The average molecular weight is 390 g/mol. The molecule has 3 aromatic rings. The highest BCUT2D eigenvalue weighted by Crippen LogP contribution is 2.38. The summed E-state index contributed by atoms with van der Waals surface area (Å²) in [5.41, 5.74) is 3.08. The molecule has 7 heteroatoms. The molecule has 0 saturated carbocycles. The molecule has 7 nitrogen and oxygen atoms in total. The van der Waals surface area contributed by atoms with Crippen molar-refractivity contribution in [3.05, 3.63) is 72.3 Å². The number of benzene rings is 2. The second kappa shape index (κ2) is 7.50. The molecule has 0 saturated heterocycles. The van der Waals surface area contributed by atoms with Gasteiger partial charge in [0, 0.05) is 24.1 Å². The van der Waals surface area contributed by atoms with Crippen molar-refractivity contribution in [3.63, 3.8) is 0 Å². The van der Waals surface area contributed by atoms with E-state index in [-0.39, 0.29) is 18.1 Å². The number of ether oxygens (including phenoxy) is 2. The summed E-state index contributed by atoms with van der Waals surface area (Å²) in [4.78, 5) is 17.0.